The van der Waals surface area contributed by atoms with Crippen LogP contribution in [0, 0.1) is 0 Å². The average Bonchev–Trinajstić information content (AvgIpc) is 2.54. The molecule has 0 bridgehead atoms. The van der Waals surface area contributed by atoms with E-state index in [2.05, 4.69) is 0 Å². The summed E-state index contributed by atoms with van der Waals surface area (Å²) in [5.41, 5.74) is 0. The monoisotopic (exact) mass is 466 g/mol. The SMILES string of the molecule is NS(=O)(=O)C1(ONS(=O)(=O)c2cc(Cl)c(Cl)c(Cl)c2Cl)C=CC=CC1. The minimum atomic E-state index is -4.46. The maximum atomic E-state index is 12.4. The van der Waals surface area contributed by atoms with Crippen LogP contribution < -0.4 is 10.0 Å². The van der Waals surface area contributed by atoms with E-state index in [1.165, 1.54) is 12.2 Å². The van der Waals surface area contributed by atoms with Gasteiger partial charge in [-0.1, -0.05) is 69.5 Å². The molecule has 25 heavy (non-hydrogen) atoms. The Morgan fingerprint density at radius 1 is 1.04 bits per heavy atom. The van der Waals surface area contributed by atoms with Crippen molar-refractivity contribution >= 4 is 66.5 Å². The Morgan fingerprint density at radius 3 is 2.20 bits per heavy atom. The molecule has 0 aliphatic heterocycles. The Balaban J connectivity index is 2.40. The minimum Gasteiger partial charge on any atom is -0.258 e. The van der Waals surface area contributed by atoms with Crippen LogP contribution in [-0.2, 0) is 24.9 Å². The summed E-state index contributed by atoms with van der Waals surface area (Å²) in [6, 6.07) is 0.948. The van der Waals surface area contributed by atoms with Crippen LogP contribution in [0.1, 0.15) is 6.42 Å². The Kier molecular flexibility index (Phi) is 6.15. The molecule has 1 atom stereocenters. The van der Waals surface area contributed by atoms with E-state index in [0.717, 1.165) is 12.1 Å². The molecule has 7 nitrogen and oxygen atoms in total. The molecule has 1 unspecified atom stereocenters. The number of hydrogen-bond acceptors (Lipinski definition) is 5. The van der Waals surface area contributed by atoms with Crippen molar-refractivity contribution in [3.8, 4) is 0 Å². The number of halogens is 4. The number of rotatable bonds is 5. The first-order valence-electron chi connectivity index (χ1n) is 6.31. The standard InChI is InChI=1S/C12H10Cl4N2O5S2/c13-7-6-8(10(15)11(16)9(7)14)24(19,20)18-23-12(25(17,21)22)4-2-1-3-5-12/h1-4,6,18H,5H2,(H2,17,21,22). The highest BCUT2D eigenvalue weighted by atomic mass is 35.5. The molecular formula is C12H10Cl4N2O5S2. The number of benzene rings is 1. The second-order valence-corrected chi connectivity index (χ2v) is 9.77. The molecule has 0 spiro atoms. The van der Waals surface area contributed by atoms with Crippen molar-refractivity contribution in [2.24, 2.45) is 5.14 Å². The molecule has 0 saturated heterocycles. The smallest absolute Gasteiger partial charge is 0.258 e. The van der Waals surface area contributed by atoms with Gasteiger partial charge in [0, 0.05) is 6.42 Å². The highest BCUT2D eigenvalue weighted by molar-refractivity contribution is 7.91. The second kappa shape index (κ2) is 7.34. The predicted octanol–water partition coefficient (Wildman–Crippen LogP) is 3.01. The number of hydrogen-bond donors (Lipinski definition) is 2. The van der Waals surface area contributed by atoms with Crippen LogP contribution in [-0.4, -0.2) is 21.8 Å². The Labute approximate surface area is 164 Å². The van der Waals surface area contributed by atoms with Gasteiger partial charge in [0.1, 0.15) is 4.90 Å². The van der Waals surface area contributed by atoms with Crippen LogP contribution in [0.15, 0.2) is 35.3 Å². The highest BCUT2D eigenvalue weighted by Gasteiger charge is 2.42. The lowest BCUT2D eigenvalue weighted by molar-refractivity contribution is 0.0169. The molecule has 0 aromatic heterocycles. The summed E-state index contributed by atoms with van der Waals surface area (Å²) >= 11 is 23.3. The van der Waals surface area contributed by atoms with Crippen LogP contribution >= 0.6 is 46.4 Å². The van der Waals surface area contributed by atoms with Gasteiger partial charge in [0.05, 0.1) is 20.1 Å². The summed E-state index contributed by atoms with van der Waals surface area (Å²) in [4.78, 5) is 3.99. The third-order valence-corrected chi connectivity index (χ3v) is 7.58. The number of nitrogens with two attached hydrogens (primary N) is 1. The van der Waals surface area contributed by atoms with Crippen molar-refractivity contribution in [3.05, 3.63) is 50.5 Å². The van der Waals surface area contributed by atoms with Gasteiger partial charge in [-0.15, -0.1) is 0 Å². The van der Waals surface area contributed by atoms with Crippen LogP contribution in [0.4, 0.5) is 0 Å². The van der Waals surface area contributed by atoms with Gasteiger partial charge < -0.3 is 0 Å². The fraction of sp³-hybridized carbons (Fsp3) is 0.167. The van der Waals surface area contributed by atoms with E-state index < -0.39 is 34.9 Å². The third-order valence-electron chi connectivity index (χ3n) is 3.16. The summed E-state index contributed by atoms with van der Waals surface area (Å²) in [6.45, 7) is 0. The number of nitrogens with one attached hydrogen (secondary N) is 1. The molecule has 138 valence electrons. The Bertz CT molecular complexity index is 976. The molecule has 0 amide bonds. The molecule has 13 heteroatoms. The van der Waals surface area contributed by atoms with Gasteiger partial charge in [0.2, 0.25) is 15.0 Å². The van der Waals surface area contributed by atoms with Crippen molar-refractivity contribution in [1.29, 1.82) is 0 Å². The van der Waals surface area contributed by atoms with Gasteiger partial charge in [-0.25, -0.2) is 22.0 Å². The van der Waals surface area contributed by atoms with Crippen LogP contribution in [0.25, 0.3) is 0 Å². The molecule has 2 rings (SSSR count). The van der Waals surface area contributed by atoms with E-state index in [9.17, 15) is 16.8 Å². The maximum Gasteiger partial charge on any atom is 0.264 e. The first-order chi connectivity index (χ1) is 11.4. The van der Waals surface area contributed by atoms with E-state index in [0.29, 0.717) is 0 Å². The summed E-state index contributed by atoms with van der Waals surface area (Å²) < 4.78 is 48.5. The van der Waals surface area contributed by atoms with Crippen molar-refractivity contribution < 1.29 is 21.7 Å². The molecule has 0 saturated carbocycles. The fourth-order valence-electron chi connectivity index (χ4n) is 1.84. The summed E-state index contributed by atoms with van der Waals surface area (Å²) in [7, 11) is -8.78. The topological polar surface area (TPSA) is 116 Å². The predicted molar refractivity (Wildman–Crippen MR) is 96.6 cm³/mol. The van der Waals surface area contributed by atoms with Crippen molar-refractivity contribution in [3.63, 3.8) is 0 Å². The molecule has 1 aliphatic rings. The number of sulfonamides is 2. The Hall–Kier alpha value is -0.360. The second-order valence-electron chi connectivity index (χ2n) is 4.84. The largest absolute Gasteiger partial charge is 0.264 e. The molecule has 1 aromatic carbocycles. The zero-order valence-corrected chi connectivity index (χ0v) is 16.7. The van der Waals surface area contributed by atoms with Crippen molar-refractivity contribution in [2.45, 2.75) is 16.2 Å². The maximum absolute atomic E-state index is 12.4. The lowest BCUT2D eigenvalue weighted by atomic mass is 10.1. The highest BCUT2D eigenvalue weighted by Crippen LogP contribution is 2.40. The molecule has 1 aromatic rings. The molecule has 1 aliphatic carbocycles. The first-order valence-corrected chi connectivity index (χ1v) is 10.8. The van der Waals surface area contributed by atoms with Gasteiger partial charge in [-0.3, -0.25) is 4.84 Å². The molecule has 0 fully saturated rings. The van der Waals surface area contributed by atoms with Gasteiger partial charge in [-0.2, -0.15) is 0 Å². The summed E-state index contributed by atoms with van der Waals surface area (Å²) in [5.74, 6) is 0. The van der Waals surface area contributed by atoms with E-state index in [-0.39, 0.29) is 21.5 Å². The number of allylic oxidation sites excluding steroid dienone is 2. The Morgan fingerprint density at radius 2 is 1.68 bits per heavy atom. The van der Waals surface area contributed by atoms with Gasteiger partial charge in [0.15, 0.2) is 0 Å². The third kappa shape index (κ3) is 4.15. The van der Waals surface area contributed by atoms with Gasteiger partial charge in [-0.05, 0) is 12.1 Å². The molecule has 0 heterocycles. The fourth-order valence-corrected chi connectivity index (χ4v) is 4.84. The van der Waals surface area contributed by atoms with E-state index in [1.807, 2.05) is 0 Å². The average molecular weight is 468 g/mol. The minimum absolute atomic E-state index is 0.130. The lowest BCUT2D eigenvalue weighted by Gasteiger charge is -2.28. The van der Waals surface area contributed by atoms with E-state index in [1.54, 1.807) is 11.0 Å². The van der Waals surface area contributed by atoms with Crippen molar-refractivity contribution in [2.75, 3.05) is 0 Å². The van der Waals surface area contributed by atoms with Crippen LogP contribution in [0.3, 0.4) is 0 Å². The lowest BCUT2D eigenvalue weighted by Crippen LogP contribution is -2.48. The first kappa shape index (κ1) is 20.9. The normalized spacial score (nSPS) is 20.8. The van der Waals surface area contributed by atoms with E-state index >= 15 is 0 Å². The van der Waals surface area contributed by atoms with Crippen molar-refractivity contribution in [1.82, 2.24) is 4.89 Å². The summed E-state index contributed by atoms with van der Waals surface area (Å²) in [5, 5.41) is 4.17. The summed E-state index contributed by atoms with van der Waals surface area (Å²) in [6.07, 6.45) is 5.25. The molecular weight excluding hydrogens is 458 g/mol. The number of primary sulfonamides is 1. The van der Waals surface area contributed by atoms with Crippen LogP contribution in [0.2, 0.25) is 20.1 Å². The van der Waals surface area contributed by atoms with Gasteiger partial charge in [0.25, 0.3) is 10.0 Å². The van der Waals surface area contributed by atoms with Crippen LogP contribution in [0.5, 0.6) is 0 Å². The zero-order valence-electron chi connectivity index (χ0n) is 12.0. The van der Waals surface area contributed by atoms with Gasteiger partial charge >= 0.3 is 0 Å². The quantitative estimate of drug-likeness (QED) is 0.392. The molecule has 3 N–H and O–H groups in total. The van der Waals surface area contributed by atoms with E-state index in [4.69, 9.17) is 56.4 Å². The molecule has 0 radical (unpaired) electrons. The zero-order chi connectivity index (χ0) is 19.0.